The molecule has 100 valence electrons. The Morgan fingerprint density at radius 3 is 3.33 bits per heavy atom. The summed E-state index contributed by atoms with van der Waals surface area (Å²) in [5.74, 6) is 0. The first-order valence-corrected chi connectivity index (χ1v) is 6.85. The number of nitrogens with zero attached hydrogens (tertiary/aromatic N) is 3. The summed E-state index contributed by atoms with van der Waals surface area (Å²) in [6, 6.07) is 0.694. The third-order valence-electron chi connectivity index (χ3n) is 3.92. The lowest BCUT2D eigenvalue weighted by Crippen LogP contribution is -2.49. The SMILES string of the molecule is Cn1cc(CNCC2CN3CCCC3CO2)cn1. The van der Waals surface area contributed by atoms with Crippen molar-refractivity contribution in [2.75, 3.05) is 26.2 Å². The van der Waals surface area contributed by atoms with Gasteiger partial charge < -0.3 is 10.1 Å². The minimum atomic E-state index is 0.344. The van der Waals surface area contributed by atoms with E-state index >= 15 is 0 Å². The number of ether oxygens (including phenoxy) is 1. The van der Waals surface area contributed by atoms with Crippen molar-refractivity contribution in [3.05, 3.63) is 18.0 Å². The minimum Gasteiger partial charge on any atom is -0.374 e. The average molecular weight is 250 g/mol. The van der Waals surface area contributed by atoms with Crippen LogP contribution in [-0.2, 0) is 18.3 Å². The molecule has 0 aromatic carbocycles. The molecule has 2 aliphatic rings. The van der Waals surface area contributed by atoms with Gasteiger partial charge in [-0.1, -0.05) is 0 Å². The fourth-order valence-electron chi connectivity index (χ4n) is 2.95. The van der Waals surface area contributed by atoms with Crippen LogP contribution in [0.2, 0.25) is 0 Å². The first-order chi connectivity index (χ1) is 8.81. The van der Waals surface area contributed by atoms with E-state index < -0.39 is 0 Å². The van der Waals surface area contributed by atoms with Crippen molar-refractivity contribution in [1.82, 2.24) is 20.0 Å². The van der Waals surface area contributed by atoms with Crippen molar-refractivity contribution in [1.29, 1.82) is 0 Å². The zero-order chi connectivity index (χ0) is 12.4. The van der Waals surface area contributed by atoms with Gasteiger partial charge in [0.15, 0.2) is 0 Å². The van der Waals surface area contributed by atoms with Crippen LogP contribution in [0, 0.1) is 0 Å². The van der Waals surface area contributed by atoms with Gasteiger partial charge in [-0.05, 0) is 19.4 Å². The van der Waals surface area contributed by atoms with Gasteiger partial charge in [-0.15, -0.1) is 0 Å². The second-order valence-corrected chi connectivity index (χ2v) is 5.40. The molecule has 5 nitrogen and oxygen atoms in total. The van der Waals surface area contributed by atoms with Crippen molar-refractivity contribution in [3.8, 4) is 0 Å². The molecular formula is C13H22N4O. The molecule has 1 N–H and O–H groups in total. The second-order valence-electron chi connectivity index (χ2n) is 5.40. The Bertz CT molecular complexity index is 392. The summed E-state index contributed by atoms with van der Waals surface area (Å²) in [7, 11) is 1.95. The first kappa shape index (κ1) is 12.1. The third-order valence-corrected chi connectivity index (χ3v) is 3.92. The number of rotatable bonds is 4. The summed E-state index contributed by atoms with van der Waals surface area (Å²) >= 11 is 0. The molecule has 0 radical (unpaired) electrons. The summed E-state index contributed by atoms with van der Waals surface area (Å²) < 4.78 is 7.75. The topological polar surface area (TPSA) is 42.3 Å². The summed E-state index contributed by atoms with van der Waals surface area (Å²) in [5, 5.41) is 7.62. The van der Waals surface area contributed by atoms with Crippen molar-refractivity contribution in [3.63, 3.8) is 0 Å². The van der Waals surface area contributed by atoms with Gasteiger partial charge in [-0.3, -0.25) is 9.58 Å². The van der Waals surface area contributed by atoms with E-state index in [2.05, 4.69) is 15.3 Å². The molecule has 2 saturated heterocycles. The Balaban J connectivity index is 1.41. The maximum atomic E-state index is 5.91. The quantitative estimate of drug-likeness (QED) is 0.838. The van der Waals surface area contributed by atoms with Crippen molar-refractivity contribution in [2.45, 2.75) is 31.5 Å². The fraction of sp³-hybridized carbons (Fsp3) is 0.769. The normalized spacial score (nSPS) is 28.5. The number of hydrogen-bond acceptors (Lipinski definition) is 4. The third kappa shape index (κ3) is 2.74. The van der Waals surface area contributed by atoms with Gasteiger partial charge in [-0.25, -0.2) is 0 Å². The van der Waals surface area contributed by atoms with Gasteiger partial charge in [-0.2, -0.15) is 5.10 Å². The van der Waals surface area contributed by atoms with Crippen molar-refractivity contribution < 1.29 is 4.74 Å². The molecule has 2 fully saturated rings. The lowest BCUT2D eigenvalue weighted by atomic mass is 10.2. The van der Waals surface area contributed by atoms with Crippen LogP contribution in [0.25, 0.3) is 0 Å². The van der Waals surface area contributed by atoms with Crippen LogP contribution in [-0.4, -0.2) is 53.1 Å². The van der Waals surface area contributed by atoms with Crippen LogP contribution in [0.4, 0.5) is 0 Å². The molecule has 0 saturated carbocycles. The monoisotopic (exact) mass is 250 g/mol. The van der Waals surface area contributed by atoms with Gasteiger partial charge in [0.2, 0.25) is 0 Å². The highest BCUT2D eigenvalue weighted by Gasteiger charge is 2.31. The fourth-order valence-corrected chi connectivity index (χ4v) is 2.95. The molecule has 0 amide bonds. The van der Waals surface area contributed by atoms with Crippen molar-refractivity contribution >= 4 is 0 Å². The molecule has 2 aliphatic heterocycles. The van der Waals surface area contributed by atoms with Crippen LogP contribution < -0.4 is 5.32 Å². The van der Waals surface area contributed by atoms with E-state index in [0.29, 0.717) is 12.1 Å². The molecule has 0 bridgehead atoms. The minimum absolute atomic E-state index is 0.344. The van der Waals surface area contributed by atoms with E-state index in [0.717, 1.165) is 26.2 Å². The summed E-state index contributed by atoms with van der Waals surface area (Å²) in [6.45, 7) is 5.06. The number of morpholine rings is 1. The van der Waals surface area contributed by atoms with Gasteiger partial charge in [0.25, 0.3) is 0 Å². The maximum absolute atomic E-state index is 5.91. The summed E-state index contributed by atoms with van der Waals surface area (Å²) in [4.78, 5) is 2.58. The zero-order valence-corrected chi connectivity index (χ0v) is 11.0. The van der Waals surface area contributed by atoms with Crippen LogP contribution in [0.1, 0.15) is 18.4 Å². The molecule has 2 atom stereocenters. The zero-order valence-electron chi connectivity index (χ0n) is 11.0. The number of aryl methyl sites for hydroxylation is 1. The number of aromatic nitrogens is 2. The predicted octanol–water partition coefficient (Wildman–Crippen LogP) is 0.373. The van der Waals surface area contributed by atoms with E-state index in [1.165, 1.54) is 24.9 Å². The van der Waals surface area contributed by atoms with Gasteiger partial charge in [0.05, 0.1) is 18.9 Å². The Kier molecular flexibility index (Phi) is 3.63. The van der Waals surface area contributed by atoms with Gasteiger partial charge >= 0.3 is 0 Å². The lowest BCUT2D eigenvalue weighted by molar-refractivity contribution is -0.0470. The summed E-state index contributed by atoms with van der Waals surface area (Å²) in [6.07, 6.45) is 6.95. The van der Waals surface area contributed by atoms with E-state index in [9.17, 15) is 0 Å². The van der Waals surface area contributed by atoms with Gasteiger partial charge in [0, 0.05) is 44.5 Å². The van der Waals surface area contributed by atoms with Crippen LogP contribution in [0.5, 0.6) is 0 Å². The van der Waals surface area contributed by atoms with Crippen LogP contribution >= 0.6 is 0 Å². The van der Waals surface area contributed by atoms with Gasteiger partial charge in [0.1, 0.15) is 0 Å². The Morgan fingerprint density at radius 1 is 1.56 bits per heavy atom. The average Bonchev–Trinajstić information content (AvgIpc) is 2.97. The van der Waals surface area contributed by atoms with Crippen LogP contribution in [0.15, 0.2) is 12.4 Å². The van der Waals surface area contributed by atoms with E-state index in [-0.39, 0.29) is 0 Å². The standard InChI is InChI=1S/C13H22N4O/c1-16-8-11(6-15-16)5-14-7-13-9-17-4-2-3-12(17)10-18-13/h6,8,12-14H,2-5,7,9-10H2,1H3. The molecule has 18 heavy (non-hydrogen) atoms. The molecule has 0 aliphatic carbocycles. The molecule has 1 aromatic heterocycles. The Morgan fingerprint density at radius 2 is 2.50 bits per heavy atom. The number of hydrogen-bond donors (Lipinski definition) is 1. The maximum Gasteiger partial charge on any atom is 0.0827 e. The molecule has 5 heteroatoms. The largest absolute Gasteiger partial charge is 0.374 e. The Hall–Kier alpha value is -0.910. The van der Waals surface area contributed by atoms with E-state index in [4.69, 9.17) is 4.74 Å². The molecule has 3 heterocycles. The Labute approximate surface area is 108 Å². The number of nitrogens with one attached hydrogen (secondary N) is 1. The highest BCUT2D eigenvalue weighted by Crippen LogP contribution is 2.22. The molecule has 2 unspecified atom stereocenters. The molecule has 0 spiro atoms. The predicted molar refractivity (Wildman–Crippen MR) is 69.2 cm³/mol. The first-order valence-electron chi connectivity index (χ1n) is 6.85. The number of fused-ring (bicyclic) bond motifs is 1. The molecule has 3 rings (SSSR count). The molecule has 1 aromatic rings. The smallest absolute Gasteiger partial charge is 0.0827 e. The van der Waals surface area contributed by atoms with E-state index in [1.807, 2.05) is 24.1 Å². The van der Waals surface area contributed by atoms with Crippen molar-refractivity contribution in [2.24, 2.45) is 7.05 Å². The lowest BCUT2D eigenvalue weighted by Gasteiger charge is -2.35. The second kappa shape index (κ2) is 5.38. The molecular weight excluding hydrogens is 228 g/mol. The van der Waals surface area contributed by atoms with E-state index in [1.54, 1.807) is 0 Å². The highest BCUT2D eigenvalue weighted by molar-refractivity contribution is 5.02. The summed E-state index contributed by atoms with van der Waals surface area (Å²) in [5.41, 5.74) is 1.23. The van der Waals surface area contributed by atoms with Crippen LogP contribution in [0.3, 0.4) is 0 Å². The highest BCUT2D eigenvalue weighted by atomic mass is 16.5.